The van der Waals surface area contributed by atoms with Gasteiger partial charge in [-0.05, 0) is 12.1 Å². The van der Waals surface area contributed by atoms with Crippen LogP contribution in [0.3, 0.4) is 0 Å². The van der Waals surface area contributed by atoms with Gasteiger partial charge in [0.05, 0.1) is 6.33 Å². The first-order valence-corrected chi connectivity index (χ1v) is 4.07. The number of hydrogen-bond acceptors (Lipinski definition) is 2. The Labute approximate surface area is 76.7 Å². The molecule has 0 aliphatic rings. The number of rotatable bonds is 4. The van der Waals surface area contributed by atoms with Crippen LogP contribution in [0.15, 0.2) is 36.7 Å². The maximum Gasteiger partial charge on any atom is 0.120 e. The molecular weight excluding hydrogens is 169 g/mol. The quantitative estimate of drug-likeness (QED) is 0.696. The van der Waals surface area contributed by atoms with Crippen molar-refractivity contribution in [1.29, 1.82) is 0 Å². The van der Waals surface area contributed by atoms with E-state index in [1.165, 1.54) is 6.08 Å². The third-order valence-corrected chi connectivity index (χ3v) is 1.66. The van der Waals surface area contributed by atoms with Crippen molar-refractivity contribution in [2.75, 3.05) is 6.54 Å². The third-order valence-electron chi connectivity index (χ3n) is 1.66. The molecule has 0 aliphatic carbocycles. The highest BCUT2D eigenvalue weighted by Crippen LogP contribution is 2.14. The number of nitrogens with one attached hydrogen (secondary N) is 1. The molecule has 3 heteroatoms. The topological polar surface area (TPSA) is 32.3 Å². The minimum atomic E-state index is 0.263. The molecule has 70 valence electrons. The van der Waals surface area contributed by atoms with Crippen molar-refractivity contribution in [1.82, 2.24) is 5.32 Å². The highest BCUT2D eigenvalue weighted by atomic mass is 19.1. The number of phenolic OH excluding ortho intramolecular Hbond substituents is 1. The Morgan fingerprint density at radius 2 is 2.15 bits per heavy atom. The van der Waals surface area contributed by atoms with Crippen molar-refractivity contribution >= 4 is 0 Å². The van der Waals surface area contributed by atoms with Crippen molar-refractivity contribution in [3.63, 3.8) is 0 Å². The molecular formula is C10H12FNO. The summed E-state index contributed by atoms with van der Waals surface area (Å²) in [6, 6.07) is 7.06. The zero-order valence-corrected chi connectivity index (χ0v) is 7.20. The first-order valence-electron chi connectivity index (χ1n) is 4.07. The first kappa shape index (κ1) is 9.74. The van der Waals surface area contributed by atoms with Gasteiger partial charge in [-0.25, -0.2) is 4.39 Å². The Bertz CT molecular complexity index is 286. The number of halogens is 1. The van der Waals surface area contributed by atoms with Crippen LogP contribution in [0.1, 0.15) is 5.56 Å². The Morgan fingerprint density at radius 1 is 1.38 bits per heavy atom. The summed E-state index contributed by atoms with van der Waals surface area (Å²) in [5, 5.41) is 12.3. The molecule has 2 N–H and O–H groups in total. The van der Waals surface area contributed by atoms with Crippen LogP contribution in [0.25, 0.3) is 0 Å². The van der Waals surface area contributed by atoms with Gasteiger partial charge in [0.1, 0.15) is 5.75 Å². The second-order valence-electron chi connectivity index (χ2n) is 2.62. The summed E-state index contributed by atoms with van der Waals surface area (Å²) in [7, 11) is 0. The van der Waals surface area contributed by atoms with Gasteiger partial charge < -0.3 is 10.4 Å². The molecule has 0 saturated carbocycles. The molecule has 0 unspecified atom stereocenters. The number of aromatic hydroxyl groups is 1. The Morgan fingerprint density at radius 3 is 2.85 bits per heavy atom. The normalized spacial score (nSPS) is 10.8. The standard InChI is InChI=1S/C10H12FNO/c11-6-3-7-12-8-9-4-1-2-5-10(9)13/h1-6,12-13H,7-8H2/b6-3+. The molecule has 0 atom stereocenters. The Hall–Kier alpha value is -1.35. The zero-order chi connectivity index (χ0) is 9.52. The first-order chi connectivity index (χ1) is 6.34. The van der Waals surface area contributed by atoms with E-state index in [9.17, 15) is 9.50 Å². The molecule has 0 heterocycles. The van der Waals surface area contributed by atoms with Crippen molar-refractivity contribution in [3.8, 4) is 5.75 Å². The highest BCUT2D eigenvalue weighted by molar-refractivity contribution is 5.31. The summed E-state index contributed by atoms with van der Waals surface area (Å²) in [4.78, 5) is 0. The number of benzene rings is 1. The van der Waals surface area contributed by atoms with Gasteiger partial charge in [0.15, 0.2) is 0 Å². The van der Waals surface area contributed by atoms with Gasteiger partial charge >= 0.3 is 0 Å². The molecule has 0 aliphatic heterocycles. The molecule has 2 nitrogen and oxygen atoms in total. The fraction of sp³-hybridized carbons (Fsp3) is 0.200. The van der Waals surface area contributed by atoms with Gasteiger partial charge in [-0.15, -0.1) is 0 Å². The van der Waals surface area contributed by atoms with E-state index < -0.39 is 0 Å². The van der Waals surface area contributed by atoms with Crippen LogP contribution >= 0.6 is 0 Å². The lowest BCUT2D eigenvalue weighted by Gasteiger charge is -2.03. The van der Waals surface area contributed by atoms with Crippen molar-refractivity contribution < 1.29 is 9.50 Å². The molecule has 1 aromatic carbocycles. The molecule has 1 aromatic rings. The fourth-order valence-electron chi connectivity index (χ4n) is 0.995. The second-order valence-corrected chi connectivity index (χ2v) is 2.62. The van der Waals surface area contributed by atoms with Crippen LogP contribution in [-0.2, 0) is 6.54 Å². The van der Waals surface area contributed by atoms with Crippen LogP contribution in [0.5, 0.6) is 5.75 Å². The van der Waals surface area contributed by atoms with E-state index >= 15 is 0 Å². The molecule has 0 aromatic heterocycles. The summed E-state index contributed by atoms with van der Waals surface area (Å²) < 4.78 is 11.5. The van der Waals surface area contributed by atoms with Crippen LogP contribution in [0.4, 0.5) is 4.39 Å². The summed E-state index contributed by atoms with van der Waals surface area (Å²) in [5.74, 6) is 0.263. The predicted octanol–water partition coefficient (Wildman–Crippen LogP) is 1.97. The minimum Gasteiger partial charge on any atom is -0.508 e. The summed E-state index contributed by atoms with van der Waals surface area (Å²) >= 11 is 0. The monoisotopic (exact) mass is 181 g/mol. The van der Waals surface area contributed by atoms with Gasteiger partial charge in [0.2, 0.25) is 0 Å². The van der Waals surface area contributed by atoms with Crippen LogP contribution in [0.2, 0.25) is 0 Å². The zero-order valence-electron chi connectivity index (χ0n) is 7.20. The van der Waals surface area contributed by atoms with E-state index in [0.29, 0.717) is 19.4 Å². The van der Waals surface area contributed by atoms with E-state index in [1.807, 2.05) is 12.1 Å². The highest BCUT2D eigenvalue weighted by Gasteiger charge is 1.96. The van der Waals surface area contributed by atoms with Crippen LogP contribution in [-0.4, -0.2) is 11.7 Å². The van der Waals surface area contributed by atoms with E-state index in [-0.39, 0.29) is 5.75 Å². The molecule has 0 fully saturated rings. The maximum absolute atomic E-state index is 11.5. The van der Waals surface area contributed by atoms with Crippen molar-refractivity contribution in [2.45, 2.75) is 6.54 Å². The number of phenols is 1. The van der Waals surface area contributed by atoms with Crippen LogP contribution in [0, 0.1) is 0 Å². The summed E-state index contributed by atoms with van der Waals surface area (Å²) in [6.45, 7) is 1.00. The van der Waals surface area contributed by atoms with Gasteiger partial charge in [-0.1, -0.05) is 18.2 Å². The van der Waals surface area contributed by atoms with Crippen LogP contribution < -0.4 is 5.32 Å². The van der Waals surface area contributed by atoms with Gasteiger partial charge in [-0.2, -0.15) is 0 Å². The average Bonchev–Trinajstić information content (AvgIpc) is 2.15. The molecule has 13 heavy (non-hydrogen) atoms. The Balaban J connectivity index is 2.41. The fourth-order valence-corrected chi connectivity index (χ4v) is 0.995. The SMILES string of the molecule is Oc1ccccc1CNC/C=C/F. The largest absolute Gasteiger partial charge is 0.508 e. The van der Waals surface area contributed by atoms with Crippen molar-refractivity contribution in [3.05, 3.63) is 42.2 Å². The Kier molecular flexibility index (Phi) is 3.99. The third kappa shape index (κ3) is 3.25. The smallest absolute Gasteiger partial charge is 0.120 e. The number of para-hydroxylation sites is 1. The lowest BCUT2D eigenvalue weighted by atomic mass is 10.2. The van der Waals surface area contributed by atoms with E-state index in [2.05, 4.69) is 5.32 Å². The van der Waals surface area contributed by atoms with E-state index in [4.69, 9.17) is 0 Å². The average molecular weight is 181 g/mol. The van der Waals surface area contributed by atoms with Gasteiger partial charge in [0, 0.05) is 18.7 Å². The maximum atomic E-state index is 11.5. The molecule has 0 saturated heterocycles. The summed E-state index contributed by atoms with van der Waals surface area (Å²) in [6.07, 6.45) is 1.87. The lowest BCUT2D eigenvalue weighted by Crippen LogP contribution is -2.12. The predicted molar refractivity (Wildman–Crippen MR) is 50.1 cm³/mol. The lowest BCUT2D eigenvalue weighted by molar-refractivity contribution is 0.465. The van der Waals surface area contributed by atoms with E-state index in [0.717, 1.165) is 5.56 Å². The minimum absolute atomic E-state index is 0.263. The molecule has 0 amide bonds. The molecule has 0 radical (unpaired) electrons. The van der Waals surface area contributed by atoms with Gasteiger partial charge in [0.25, 0.3) is 0 Å². The van der Waals surface area contributed by atoms with Crippen molar-refractivity contribution in [2.24, 2.45) is 0 Å². The number of hydrogen-bond donors (Lipinski definition) is 2. The van der Waals surface area contributed by atoms with Gasteiger partial charge in [-0.3, -0.25) is 0 Å². The molecule has 0 bridgehead atoms. The molecule has 0 spiro atoms. The van der Waals surface area contributed by atoms with E-state index in [1.54, 1.807) is 12.1 Å². The summed E-state index contributed by atoms with van der Waals surface area (Å²) in [5.41, 5.74) is 0.815. The second kappa shape index (κ2) is 5.32. The molecule has 1 rings (SSSR count).